The summed E-state index contributed by atoms with van der Waals surface area (Å²) in [6.07, 6.45) is 2.99. The second kappa shape index (κ2) is 10.6. The first-order chi connectivity index (χ1) is 16.5. The number of ether oxygens (including phenoxy) is 1. The number of nitrogens with zero attached hydrogens (tertiary/aromatic N) is 1. The molecule has 0 spiro atoms. The molecule has 0 bridgehead atoms. The molecule has 1 unspecified atom stereocenters. The van der Waals surface area contributed by atoms with Crippen LogP contribution in [0.15, 0.2) is 42.5 Å². The zero-order chi connectivity index (χ0) is 24.1. The fraction of sp³-hybridized carbons (Fsp3) is 0.407. The Kier molecular flexibility index (Phi) is 7.40. The first-order valence-corrected chi connectivity index (χ1v) is 12.1. The number of benzene rings is 2. The minimum atomic E-state index is -0.436. The Labute approximate surface area is 200 Å². The van der Waals surface area contributed by atoms with E-state index in [1.807, 2.05) is 24.0 Å². The SMILES string of the molecule is CCCCOC(=O)NCCCC(=O)N1CCc2c([nH]c3ccc(C)cc23)C1c1cccc(O)c1. The van der Waals surface area contributed by atoms with Crippen molar-refractivity contribution in [3.63, 3.8) is 0 Å². The van der Waals surface area contributed by atoms with Crippen LogP contribution in [-0.4, -0.2) is 46.7 Å². The van der Waals surface area contributed by atoms with Crippen LogP contribution in [0.25, 0.3) is 10.9 Å². The van der Waals surface area contributed by atoms with Crippen molar-refractivity contribution < 1.29 is 19.4 Å². The molecule has 1 aliphatic heterocycles. The van der Waals surface area contributed by atoms with Crippen molar-refractivity contribution in [2.75, 3.05) is 19.7 Å². The highest BCUT2D eigenvalue weighted by Gasteiger charge is 2.34. The monoisotopic (exact) mass is 463 g/mol. The Morgan fingerprint density at radius 1 is 1.21 bits per heavy atom. The Balaban J connectivity index is 1.51. The molecular formula is C27H33N3O4. The number of carbonyl (C=O) groups is 2. The summed E-state index contributed by atoms with van der Waals surface area (Å²) in [4.78, 5) is 30.5. The molecule has 1 aromatic heterocycles. The summed E-state index contributed by atoms with van der Waals surface area (Å²) in [5, 5.41) is 14.0. The molecule has 4 rings (SSSR count). The highest BCUT2D eigenvalue weighted by Crippen LogP contribution is 2.39. The zero-order valence-electron chi connectivity index (χ0n) is 19.9. The standard InChI is InChI=1S/C27H33N3O4/c1-3-4-15-34-27(33)28-13-6-9-24(32)30-14-12-21-22-16-18(2)10-11-23(22)29-25(21)26(30)19-7-5-8-20(31)17-19/h5,7-8,10-11,16-17,26,29,31H,3-4,6,9,12-15H2,1-2H3,(H,28,33). The van der Waals surface area contributed by atoms with Crippen LogP contribution in [0.3, 0.4) is 0 Å². The summed E-state index contributed by atoms with van der Waals surface area (Å²) >= 11 is 0. The highest BCUT2D eigenvalue weighted by atomic mass is 16.5. The number of amides is 2. The summed E-state index contributed by atoms with van der Waals surface area (Å²) in [5.41, 5.74) is 5.36. The molecule has 3 N–H and O–H groups in total. The Morgan fingerprint density at radius 3 is 2.85 bits per heavy atom. The van der Waals surface area contributed by atoms with Gasteiger partial charge in [-0.05, 0) is 61.6 Å². The van der Waals surface area contributed by atoms with E-state index in [0.717, 1.165) is 36.0 Å². The van der Waals surface area contributed by atoms with Crippen molar-refractivity contribution in [2.24, 2.45) is 0 Å². The van der Waals surface area contributed by atoms with Gasteiger partial charge in [0.2, 0.25) is 5.91 Å². The van der Waals surface area contributed by atoms with Crippen LogP contribution in [0, 0.1) is 6.92 Å². The molecule has 7 heteroatoms. The van der Waals surface area contributed by atoms with Gasteiger partial charge in [-0.1, -0.05) is 37.1 Å². The van der Waals surface area contributed by atoms with Crippen LogP contribution in [0.4, 0.5) is 4.79 Å². The van der Waals surface area contributed by atoms with Crippen molar-refractivity contribution in [2.45, 2.75) is 52.0 Å². The van der Waals surface area contributed by atoms with Crippen LogP contribution >= 0.6 is 0 Å². The van der Waals surface area contributed by atoms with E-state index in [1.54, 1.807) is 12.1 Å². The lowest BCUT2D eigenvalue weighted by atomic mass is 9.91. The van der Waals surface area contributed by atoms with Gasteiger partial charge in [-0.3, -0.25) is 4.79 Å². The molecule has 2 amide bonds. The van der Waals surface area contributed by atoms with Gasteiger partial charge in [-0.2, -0.15) is 0 Å². The van der Waals surface area contributed by atoms with Gasteiger partial charge in [0, 0.05) is 36.1 Å². The van der Waals surface area contributed by atoms with E-state index in [1.165, 1.54) is 16.5 Å². The minimum Gasteiger partial charge on any atom is -0.508 e. The van der Waals surface area contributed by atoms with Gasteiger partial charge in [0.25, 0.3) is 0 Å². The third-order valence-corrected chi connectivity index (χ3v) is 6.36. The van der Waals surface area contributed by atoms with Crippen LogP contribution in [0.5, 0.6) is 5.75 Å². The number of fused-ring (bicyclic) bond motifs is 3. The van der Waals surface area contributed by atoms with Crippen LogP contribution in [-0.2, 0) is 16.0 Å². The summed E-state index contributed by atoms with van der Waals surface area (Å²) in [5.74, 6) is 0.199. The number of H-pyrrole nitrogens is 1. The maximum Gasteiger partial charge on any atom is 0.407 e. The van der Waals surface area contributed by atoms with Crippen molar-refractivity contribution >= 4 is 22.9 Å². The number of alkyl carbamates (subject to hydrolysis) is 1. The van der Waals surface area contributed by atoms with Gasteiger partial charge in [0.1, 0.15) is 5.75 Å². The topological polar surface area (TPSA) is 94.7 Å². The first-order valence-electron chi connectivity index (χ1n) is 12.1. The lowest BCUT2D eigenvalue weighted by Crippen LogP contribution is -2.40. The van der Waals surface area contributed by atoms with E-state index >= 15 is 0 Å². The van der Waals surface area contributed by atoms with Crippen LogP contribution in [0.1, 0.15) is 61.0 Å². The number of hydrogen-bond donors (Lipinski definition) is 3. The Hall–Kier alpha value is -3.48. The number of phenolic OH excluding ortho intramolecular Hbond substituents is 1. The molecule has 1 atom stereocenters. The van der Waals surface area contributed by atoms with Gasteiger partial charge >= 0.3 is 6.09 Å². The maximum atomic E-state index is 13.3. The minimum absolute atomic E-state index is 0.0231. The molecule has 34 heavy (non-hydrogen) atoms. The second-order valence-electron chi connectivity index (χ2n) is 8.92. The largest absolute Gasteiger partial charge is 0.508 e. The summed E-state index contributed by atoms with van der Waals surface area (Å²) in [6, 6.07) is 13.2. The quantitative estimate of drug-likeness (QED) is 0.412. The number of nitrogens with one attached hydrogen (secondary N) is 2. The van der Waals surface area contributed by atoms with Crippen molar-refractivity contribution in [3.05, 3.63) is 64.8 Å². The predicted octanol–water partition coefficient (Wildman–Crippen LogP) is 4.96. The zero-order valence-corrected chi connectivity index (χ0v) is 19.9. The molecule has 1 aliphatic rings. The molecule has 180 valence electrons. The van der Waals surface area contributed by atoms with Crippen molar-refractivity contribution in [1.29, 1.82) is 0 Å². The van der Waals surface area contributed by atoms with E-state index in [-0.39, 0.29) is 17.7 Å². The number of aryl methyl sites for hydroxylation is 1. The third kappa shape index (κ3) is 5.19. The summed E-state index contributed by atoms with van der Waals surface area (Å²) in [7, 11) is 0. The average molecular weight is 464 g/mol. The molecule has 2 heterocycles. The van der Waals surface area contributed by atoms with E-state index < -0.39 is 6.09 Å². The molecule has 0 saturated heterocycles. The van der Waals surface area contributed by atoms with Gasteiger partial charge in [0.15, 0.2) is 0 Å². The second-order valence-corrected chi connectivity index (χ2v) is 8.92. The van der Waals surface area contributed by atoms with E-state index in [0.29, 0.717) is 32.5 Å². The highest BCUT2D eigenvalue weighted by molar-refractivity contribution is 5.87. The Bertz CT molecular complexity index is 1170. The molecule has 3 aromatic rings. The van der Waals surface area contributed by atoms with Crippen LogP contribution < -0.4 is 5.32 Å². The third-order valence-electron chi connectivity index (χ3n) is 6.36. The lowest BCUT2D eigenvalue weighted by Gasteiger charge is -2.36. The first kappa shape index (κ1) is 23.7. The van der Waals surface area contributed by atoms with Gasteiger partial charge in [0.05, 0.1) is 12.6 Å². The molecule has 0 aliphatic carbocycles. The molecule has 2 aromatic carbocycles. The number of unbranched alkanes of at least 4 members (excludes halogenated alkanes) is 1. The predicted molar refractivity (Wildman–Crippen MR) is 132 cm³/mol. The smallest absolute Gasteiger partial charge is 0.407 e. The normalized spacial score (nSPS) is 15.2. The number of rotatable bonds is 8. The number of aromatic nitrogens is 1. The number of phenols is 1. The maximum absolute atomic E-state index is 13.3. The van der Waals surface area contributed by atoms with E-state index in [4.69, 9.17) is 4.74 Å². The number of aromatic amines is 1. The van der Waals surface area contributed by atoms with Crippen molar-refractivity contribution in [1.82, 2.24) is 15.2 Å². The van der Waals surface area contributed by atoms with E-state index in [9.17, 15) is 14.7 Å². The summed E-state index contributed by atoms with van der Waals surface area (Å²) in [6.45, 7) is 5.51. The van der Waals surface area contributed by atoms with E-state index in [2.05, 4.69) is 35.4 Å². The molecule has 0 radical (unpaired) electrons. The fourth-order valence-corrected chi connectivity index (χ4v) is 4.65. The average Bonchev–Trinajstić information content (AvgIpc) is 3.19. The van der Waals surface area contributed by atoms with Gasteiger partial charge in [-0.25, -0.2) is 4.79 Å². The molecule has 0 fully saturated rings. The summed E-state index contributed by atoms with van der Waals surface area (Å²) < 4.78 is 5.09. The fourth-order valence-electron chi connectivity index (χ4n) is 4.65. The molecule has 7 nitrogen and oxygen atoms in total. The number of carbonyl (C=O) groups excluding carboxylic acids is 2. The Morgan fingerprint density at radius 2 is 2.06 bits per heavy atom. The molecule has 0 saturated carbocycles. The molecular weight excluding hydrogens is 430 g/mol. The number of hydrogen-bond acceptors (Lipinski definition) is 4. The van der Waals surface area contributed by atoms with Crippen LogP contribution in [0.2, 0.25) is 0 Å². The van der Waals surface area contributed by atoms with Crippen molar-refractivity contribution in [3.8, 4) is 5.75 Å². The van der Waals surface area contributed by atoms with Gasteiger partial charge in [-0.15, -0.1) is 0 Å². The van der Waals surface area contributed by atoms with Gasteiger partial charge < -0.3 is 25.0 Å². The number of aromatic hydroxyl groups is 1. The lowest BCUT2D eigenvalue weighted by molar-refractivity contribution is -0.133.